The van der Waals surface area contributed by atoms with Crippen molar-refractivity contribution in [3.05, 3.63) is 98.5 Å². The lowest BCUT2D eigenvalue weighted by molar-refractivity contribution is -0.122. The molecule has 1 aliphatic heterocycles. The van der Waals surface area contributed by atoms with E-state index < -0.39 is 23.7 Å². The summed E-state index contributed by atoms with van der Waals surface area (Å²) in [5.41, 5.74) is 9.37. The van der Waals surface area contributed by atoms with Gasteiger partial charge in [-0.15, -0.1) is 0 Å². The quantitative estimate of drug-likeness (QED) is 0.262. The number of halogens is 5. The fourth-order valence-electron chi connectivity index (χ4n) is 6.67. The second-order valence-electron chi connectivity index (χ2n) is 11.8. The molecule has 43 heavy (non-hydrogen) atoms. The number of nitrogens with zero attached hydrogens (tertiary/aromatic N) is 1. The predicted molar refractivity (Wildman–Crippen MR) is 165 cm³/mol. The van der Waals surface area contributed by atoms with Gasteiger partial charge in [-0.25, -0.2) is 8.78 Å². The topological polar surface area (TPSA) is 55.6 Å². The van der Waals surface area contributed by atoms with E-state index in [4.69, 9.17) is 33.7 Å². The summed E-state index contributed by atoms with van der Waals surface area (Å²) in [5.74, 6) is -3.41. The van der Waals surface area contributed by atoms with Crippen molar-refractivity contribution in [2.24, 2.45) is 5.73 Å². The number of benzene rings is 3. The number of likely N-dealkylation sites (tertiary alicyclic amines) is 1. The molecule has 1 heterocycles. The van der Waals surface area contributed by atoms with Gasteiger partial charge in [0.2, 0.25) is 5.91 Å². The number of nitrogens with two attached hydrogens (primary N) is 1. The molecule has 1 unspecified atom stereocenters. The number of rotatable bonds is 9. The number of allylic oxidation sites excluding steroid dienone is 1. The van der Waals surface area contributed by atoms with Crippen LogP contribution in [0.25, 0.3) is 11.1 Å². The first-order chi connectivity index (χ1) is 20.6. The van der Waals surface area contributed by atoms with Crippen molar-refractivity contribution in [1.29, 1.82) is 0 Å². The van der Waals surface area contributed by atoms with Crippen LogP contribution in [0.4, 0.5) is 13.2 Å². The molecule has 0 radical (unpaired) electrons. The molecule has 1 amide bonds. The Hall–Kier alpha value is -3.00. The van der Waals surface area contributed by atoms with E-state index in [1.165, 1.54) is 0 Å². The maximum absolute atomic E-state index is 14.5. The third-order valence-corrected chi connectivity index (χ3v) is 9.54. The molecule has 226 valence electrons. The van der Waals surface area contributed by atoms with Gasteiger partial charge in [0.1, 0.15) is 17.3 Å². The average molecular weight is 630 g/mol. The van der Waals surface area contributed by atoms with E-state index in [0.717, 1.165) is 71.6 Å². The average Bonchev–Trinajstić information content (AvgIpc) is 3.41. The molecule has 2 aliphatic carbocycles. The van der Waals surface area contributed by atoms with Crippen LogP contribution in [-0.2, 0) is 16.6 Å². The summed E-state index contributed by atoms with van der Waals surface area (Å²) < 4.78 is 47.8. The minimum atomic E-state index is -3.15. The second-order valence-corrected chi connectivity index (χ2v) is 12.6. The van der Waals surface area contributed by atoms with Crippen LogP contribution < -0.4 is 10.5 Å². The number of hydrogen-bond donors (Lipinski definition) is 1. The van der Waals surface area contributed by atoms with Gasteiger partial charge < -0.3 is 10.5 Å². The molecule has 4 nitrogen and oxygen atoms in total. The Morgan fingerprint density at radius 2 is 1.77 bits per heavy atom. The largest absolute Gasteiger partial charge is 0.489 e. The van der Waals surface area contributed by atoms with E-state index in [1.807, 2.05) is 42.5 Å². The highest BCUT2D eigenvalue weighted by Gasteiger charge is 2.76. The number of primary amides is 1. The second kappa shape index (κ2) is 11.8. The van der Waals surface area contributed by atoms with Gasteiger partial charge in [0.05, 0.1) is 6.67 Å². The van der Waals surface area contributed by atoms with Crippen molar-refractivity contribution in [2.45, 2.75) is 56.0 Å². The zero-order valence-electron chi connectivity index (χ0n) is 23.7. The molecule has 1 saturated carbocycles. The number of fused-ring (bicyclic) bond motifs is 1. The van der Waals surface area contributed by atoms with Crippen molar-refractivity contribution >= 4 is 40.3 Å². The van der Waals surface area contributed by atoms with Gasteiger partial charge in [-0.2, -0.15) is 0 Å². The van der Waals surface area contributed by atoms with Crippen molar-refractivity contribution in [1.82, 2.24) is 4.90 Å². The van der Waals surface area contributed by atoms with E-state index in [9.17, 15) is 18.0 Å². The number of ether oxygens (including phenoxy) is 1. The zero-order valence-corrected chi connectivity index (χ0v) is 25.2. The van der Waals surface area contributed by atoms with Gasteiger partial charge in [0.15, 0.2) is 0 Å². The maximum Gasteiger partial charge on any atom is 0.268 e. The Morgan fingerprint density at radius 3 is 2.44 bits per heavy atom. The third-order valence-electron chi connectivity index (χ3n) is 8.99. The molecule has 0 bridgehead atoms. The lowest BCUT2D eigenvalue weighted by atomic mass is 9.85. The number of amides is 1. The van der Waals surface area contributed by atoms with E-state index >= 15 is 0 Å². The molecular formula is C34H33Cl2F3N2O2. The van der Waals surface area contributed by atoms with E-state index in [-0.39, 0.29) is 18.3 Å². The smallest absolute Gasteiger partial charge is 0.268 e. The van der Waals surface area contributed by atoms with E-state index in [2.05, 4.69) is 4.90 Å². The zero-order chi connectivity index (χ0) is 30.4. The number of alkyl halides is 3. The molecule has 0 spiro atoms. The van der Waals surface area contributed by atoms with E-state index in [1.54, 1.807) is 18.2 Å². The summed E-state index contributed by atoms with van der Waals surface area (Å²) in [7, 11) is 0. The Morgan fingerprint density at radius 1 is 1.02 bits per heavy atom. The van der Waals surface area contributed by atoms with Gasteiger partial charge in [-0.1, -0.05) is 59.6 Å². The molecular weight excluding hydrogens is 596 g/mol. The van der Waals surface area contributed by atoms with E-state index in [0.29, 0.717) is 29.3 Å². The molecule has 1 saturated heterocycles. The van der Waals surface area contributed by atoms with Crippen molar-refractivity contribution in [2.75, 3.05) is 26.3 Å². The molecule has 3 aromatic rings. The lowest BCUT2D eigenvalue weighted by Crippen LogP contribution is -2.34. The summed E-state index contributed by atoms with van der Waals surface area (Å²) in [5, 5.41) is 1.07. The SMILES string of the molecule is NC(=O)C1(c2ccc3c(c2)CCCC(c2ccc(Cl)cc2Cl)=C3c2ccc(O[C@H]3CCN(CCCF)C3)cc2)CC1(F)F. The van der Waals surface area contributed by atoms with Gasteiger partial charge in [-0.3, -0.25) is 14.1 Å². The Bertz CT molecular complexity index is 1580. The Kier molecular flexibility index (Phi) is 8.26. The van der Waals surface area contributed by atoms with Crippen LogP contribution in [0.15, 0.2) is 60.7 Å². The first-order valence-corrected chi connectivity index (χ1v) is 15.4. The monoisotopic (exact) mass is 628 g/mol. The summed E-state index contributed by atoms with van der Waals surface area (Å²) in [6.45, 7) is 2.08. The summed E-state index contributed by atoms with van der Waals surface area (Å²) in [6, 6.07) is 18.5. The Labute approximate surface area is 259 Å². The molecule has 9 heteroatoms. The molecule has 2 atom stereocenters. The highest BCUT2D eigenvalue weighted by atomic mass is 35.5. The van der Waals surface area contributed by atoms with Crippen LogP contribution in [-0.4, -0.2) is 49.1 Å². The molecule has 2 fully saturated rings. The molecule has 6 rings (SSSR count). The fraction of sp³-hybridized carbons (Fsp3) is 0.382. The van der Waals surface area contributed by atoms with Gasteiger partial charge in [0, 0.05) is 36.1 Å². The minimum absolute atomic E-state index is 0.0447. The number of carbonyl (C=O) groups excluding carboxylic acids is 1. The van der Waals surface area contributed by atoms with Crippen LogP contribution in [0.1, 0.15) is 59.9 Å². The van der Waals surface area contributed by atoms with Crippen molar-refractivity contribution in [3.8, 4) is 5.75 Å². The summed E-state index contributed by atoms with van der Waals surface area (Å²) in [6.07, 6.45) is 3.00. The van der Waals surface area contributed by atoms with Crippen LogP contribution >= 0.6 is 23.2 Å². The number of carbonyl (C=O) groups is 1. The highest BCUT2D eigenvalue weighted by Crippen LogP contribution is 2.61. The molecule has 3 aliphatic rings. The lowest BCUT2D eigenvalue weighted by Gasteiger charge is -2.20. The standard InChI is InChI=1S/C34H33Cl2F3N2O2/c35-24-8-12-28(30(36)18-24)29-4-1-3-22-17-23(33(32(40)42)20-34(33,38)39)7-11-27(22)31(29)21-5-9-25(10-6-21)43-26-13-16-41(19-26)15-2-14-37/h5-12,17-18,26H,1-4,13-16,19-20H2,(H2,40,42)/t26-,33?/m0/s1. The summed E-state index contributed by atoms with van der Waals surface area (Å²) >= 11 is 12.9. The van der Waals surface area contributed by atoms with Crippen LogP contribution in [0, 0.1) is 0 Å². The van der Waals surface area contributed by atoms with Gasteiger partial charge in [-0.05, 0) is 95.3 Å². The minimum Gasteiger partial charge on any atom is -0.489 e. The first kappa shape index (κ1) is 30.0. The van der Waals surface area contributed by atoms with Gasteiger partial charge in [0.25, 0.3) is 5.92 Å². The highest BCUT2D eigenvalue weighted by molar-refractivity contribution is 6.36. The molecule has 2 N–H and O–H groups in total. The maximum atomic E-state index is 14.5. The van der Waals surface area contributed by atoms with Crippen molar-refractivity contribution < 1.29 is 22.7 Å². The molecule has 0 aromatic heterocycles. The van der Waals surface area contributed by atoms with Crippen LogP contribution in [0.2, 0.25) is 10.0 Å². The first-order valence-electron chi connectivity index (χ1n) is 14.7. The number of hydrogen-bond acceptors (Lipinski definition) is 3. The van der Waals surface area contributed by atoms with Crippen LogP contribution in [0.5, 0.6) is 5.75 Å². The predicted octanol–water partition coefficient (Wildman–Crippen LogP) is 7.86. The van der Waals surface area contributed by atoms with Gasteiger partial charge >= 0.3 is 0 Å². The normalized spacial score (nSPS) is 23.1. The Balaban J connectivity index is 1.38. The van der Waals surface area contributed by atoms with Crippen LogP contribution in [0.3, 0.4) is 0 Å². The number of aryl methyl sites for hydroxylation is 1. The third kappa shape index (κ3) is 5.67. The summed E-state index contributed by atoms with van der Waals surface area (Å²) in [4.78, 5) is 14.4. The fourth-order valence-corrected chi connectivity index (χ4v) is 7.19. The molecule has 3 aromatic carbocycles. The van der Waals surface area contributed by atoms with Crippen molar-refractivity contribution in [3.63, 3.8) is 0 Å².